The lowest BCUT2D eigenvalue weighted by Gasteiger charge is -2.26. The van der Waals surface area contributed by atoms with Crippen LogP contribution in [-0.2, 0) is 0 Å². The van der Waals surface area contributed by atoms with E-state index < -0.39 is 0 Å². The van der Waals surface area contributed by atoms with Gasteiger partial charge < -0.3 is 9.84 Å². The maximum atomic E-state index is 9.72. The van der Waals surface area contributed by atoms with Crippen molar-refractivity contribution in [3.63, 3.8) is 0 Å². The number of phenolic OH excluding ortho intramolecular Hbond substituents is 1. The molecular formula is C13H18O2. The molecule has 82 valence electrons. The second-order valence-corrected chi connectivity index (χ2v) is 4.74. The molecule has 1 unspecified atom stereocenters. The molecule has 1 N–H and O–H groups in total. The van der Waals surface area contributed by atoms with E-state index in [0.717, 1.165) is 18.4 Å². The van der Waals surface area contributed by atoms with E-state index in [1.54, 1.807) is 6.07 Å². The fourth-order valence-corrected chi connectivity index (χ4v) is 2.43. The fourth-order valence-electron chi connectivity index (χ4n) is 2.43. The Bertz CT molecular complexity index is 369. The molecule has 1 aliphatic heterocycles. The predicted molar refractivity (Wildman–Crippen MR) is 60.5 cm³/mol. The van der Waals surface area contributed by atoms with Gasteiger partial charge in [-0.25, -0.2) is 0 Å². The van der Waals surface area contributed by atoms with Crippen molar-refractivity contribution < 1.29 is 9.84 Å². The molecule has 0 aliphatic carbocycles. The number of fused-ring (bicyclic) bond motifs is 1. The Morgan fingerprint density at radius 1 is 1.40 bits per heavy atom. The van der Waals surface area contributed by atoms with Crippen molar-refractivity contribution in [2.45, 2.75) is 45.1 Å². The maximum Gasteiger partial charge on any atom is 0.165 e. The van der Waals surface area contributed by atoms with Crippen LogP contribution in [0.5, 0.6) is 11.5 Å². The molecule has 0 radical (unpaired) electrons. The average molecular weight is 206 g/mol. The van der Waals surface area contributed by atoms with Gasteiger partial charge in [0.15, 0.2) is 11.5 Å². The molecule has 1 heterocycles. The third kappa shape index (κ3) is 1.58. The highest BCUT2D eigenvalue weighted by atomic mass is 16.5. The summed E-state index contributed by atoms with van der Waals surface area (Å²) < 4.78 is 5.84. The fraction of sp³-hybridized carbons (Fsp3) is 0.538. The van der Waals surface area contributed by atoms with E-state index in [0.29, 0.717) is 11.7 Å². The van der Waals surface area contributed by atoms with E-state index in [9.17, 15) is 5.11 Å². The smallest absolute Gasteiger partial charge is 0.165 e. The van der Waals surface area contributed by atoms with Gasteiger partial charge in [0.1, 0.15) is 5.60 Å². The lowest BCUT2D eigenvalue weighted by Crippen LogP contribution is -2.30. The van der Waals surface area contributed by atoms with Crippen LogP contribution in [0.1, 0.15) is 45.1 Å². The predicted octanol–water partition coefficient (Wildman–Crippen LogP) is 3.45. The number of ether oxygens (including phenoxy) is 1. The van der Waals surface area contributed by atoms with Gasteiger partial charge in [0.25, 0.3) is 0 Å². The molecule has 2 rings (SSSR count). The van der Waals surface area contributed by atoms with Gasteiger partial charge in [0, 0.05) is 11.5 Å². The summed E-state index contributed by atoms with van der Waals surface area (Å²) in [5.74, 6) is 1.34. The number of hydrogen-bond acceptors (Lipinski definition) is 2. The first kappa shape index (κ1) is 10.3. The lowest BCUT2D eigenvalue weighted by atomic mass is 9.83. The van der Waals surface area contributed by atoms with Crippen LogP contribution in [0.25, 0.3) is 0 Å². The monoisotopic (exact) mass is 206 g/mol. The molecule has 0 bridgehead atoms. The summed E-state index contributed by atoms with van der Waals surface area (Å²) in [4.78, 5) is 0. The van der Waals surface area contributed by atoms with Gasteiger partial charge in [-0.3, -0.25) is 0 Å². The largest absolute Gasteiger partial charge is 0.504 e. The summed E-state index contributed by atoms with van der Waals surface area (Å²) in [6, 6.07) is 5.63. The van der Waals surface area contributed by atoms with Gasteiger partial charge in [0.2, 0.25) is 0 Å². The minimum Gasteiger partial charge on any atom is -0.504 e. The summed E-state index contributed by atoms with van der Waals surface area (Å²) in [5, 5.41) is 9.72. The molecular weight excluding hydrogens is 188 g/mol. The number of aromatic hydroxyl groups is 1. The highest BCUT2D eigenvalue weighted by molar-refractivity contribution is 5.51. The van der Waals surface area contributed by atoms with E-state index in [4.69, 9.17) is 4.74 Å². The Kier molecular flexibility index (Phi) is 2.37. The quantitative estimate of drug-likeness (QED) is 0.803. The van der Waals surface area contributed by atoms with Crippen LogP contribution < -0.4 is 4.74 Å². The van der Waals surface area contributed by atoms with Crippen LogP contribution in [0, 0.1) is 0 Å². The molecule has 0 spiro atoms. The van der Waals surface area contributed by atoms with Crippen LogP contribution in [0.15, 0.2) is 18.2 Å². The summed E-state index contributed by atoms with van der Waals surface area (Å²) in [6.45, 7) is 6.36. The Hall–Kier alpha value is -1.18. The van der Waals surface area contributed by atoms with E-state index in [1.807, 2.05) is 6.07 Å². The van der Waals surface area contributed by atoms with Gasteiger partial charge in [0.05, 0.1) is 0 Å². The molecule has 15 heavy (non-hydrogen) atoms. The molecule has 1 aromatic rings. The van der Waals surface area contributed by atoms with Gasteiger partial charge in [-0.05, 0) is 26.3 Å². The molecule has 1 aliphatic rings. The average Bonchev–Trinajstić information content (AvgIpc) is 2.42. The molecule has 2 heteroatoms. The molecule has 0 saturated heterocycles. The van der Waals surface area contributed by atoms with Crippen molar-refractivity contribution in [3.8, 4) is 11.5 Å². The SMILES string of the molecule is CCCC1c2cccc(O)c2OC1(C)C. The molecule has 0 amide bonds. The van der Waals surface area contributed by atoms with Crippen molar-refractivity contribution in [2.75, 3.05) is 0 Å². The Balaban J connectivity index is 2.45. The first-order valence-electron chi connectivity index (χ1n) is 5.57. The number of rotatable bonds is 2. The lowest BCUT2D eigenvalue weighted by molar-refractivity contribution is 0.103. The zero-order chi connectivity index (χ0) is 11.1. The summed E-state index contributed by atoms with van der Waals surface area (Å²) >= 11 is 0. The first-order valence-corrected chi connectivity index (χ1v) is 5.57. The van der Waals surface area contributed by atoms with E-state index in [-0.39, 0.29) is 11.4 Å². The molecule has 1 aromatic carbocycles. The number of benzene rings is 1. The van der Waals surface area contributed by atoms with Crippen molar-refractivity contribution in [1.82, 2.24) is 0 Å². The van der Waals surface area contributed by atoms with Gasteiger partial charge in [-0.2, -0.15) is 0 Å². The van der Waals surface area contributed by atoms with Gasteiger partial charge >= 0.3 is 0 Å². The summed E-state index contributed by atoms with van der Waals surface area (Å²) in [5.41, 5.74) is 0.957. The van der Waals surface area contributed by atoms with Crippen molar-refractivity contribution in [2.24, 2.45) is 0 Å². The van der Waals surface area contributed by atoms with E-state index in [2.05, 4.69) is 26.8 Å². The second-order valence-electron chi connectivity index (χ2n) is 4.74. The van der Waals surface area contributed by atoms with Crippen molar-refractivity contribution in [1.29, 1.82) is 0 Å². The Morgan fingerprint density at radius 3 is 2.80 bits per heavy atom. The number of phenols is 1. The maximum absolute atomic E-state index is 9.72. The highest BCUT2D eigenvalue weighted by Crippen LogP contribution is 2.50. The Labute approximate surface area is 90.9 Å². The van der Waals surface area contributed by atoms with E-state index >= 15 is 0 Å². The Morgan fingerprint density at radius 2 is 2.13 bits per heavy atom. The summed E-state index contributed by atoms with van der Waals surface area (Å²) in [7, 11) is 0. The molecule has 1 atom stereocenters. The third-order valence-corrected chi connectivity index (χ3v) is 3.18. The zero-order valence-electron chi connectivity index (χ0n) is 9.58. The topological polar surface area (TPSA) is 29.5 Å². The van der Waals surface area contributed by atoms with Crippen LogP contribution in [0.3, 0.4) is 0 Å². The van der Waals surface area contributed by atoms with Crippen molar-refractivity contribution >= 4 is 0 Å². The van der Waals surface area contributed by atoms with Gasteiger partial charge in [-0.1, -0.05) is 25.5 Å². The van der Waals surface area contributed by atoms with Crippen LogP contribution >= 0.6 is 0 Å². The number of para-hydroxylation sites is 1. The molecule has 0 aromatic heterocycles. The van der Waals surface area contributed by atoms with Crippen molar-refractivity contribution in [3.05, 3.63) is 23.8 Å². The van der Waals surface area contributed by atoms with Crippen LogP contribution in [0.2, 0.25) is 0 Å². The van der Waals surface area contributed by atoms with Crippen LogP contribution in [0.4, 0.5) is 0 Å². The molecule has 2 nitrogen and oxygen atoms in total. The first-order chi connectivity index (χ1) is 7.06. The molecule has 0 saturated carbocycles. The summed E-state index contributed by atoms with van der Waals surface area (Å²) in [6.07, 6.45) is 2.23. The number of hydrogen-bond donors (Lipinski definition) is 1. The van der Waals surface area contributed by atoms with Gasteiger partial charge in [-0.15, -0.1) is 0 Å². The third-order valence-electron chi connectivity index (χ3n) is 3.18. The molecule has 0 fully saturated rings. The highest BCUT2D eigenvalue weighted by Gasteiger charge is 2.41. The zero-order valence-corrected chi connectivity index (χ0v) is 9.58. The minimum absolute atomic E-state index is 0.197. The van der Waals surface area contributed by atoms with E-state index in [1.165, 1.54) is 0 Å². The normalized spacial score (nSPS) is 22.2. The van der Waals surface area contributed by atoms with Crippen LogP contribution in [-0.4, -0.2) is 10.7 Å². The standard InChI is InChI=1S/C13H18O2/c1-4-6-10-9-7-5-8-11(14)12(9)15-13(10,2)3/h5,7-8,10,14H,4,6H2,1-3H3. The minimum atomic E-state index is -0.197. The second kappa shape index (κ2) is 3.44.